The summed E-state index contributed by atoms with van der Waals surface area (Å²) >= 11 is 0. The minimum Gasteiger partial charge on any atom is -0.491 e. The lowest BCUT2D eigenvalue weighted by atomic mass is 10.1. The molecule has 1 atom stereocenters. The minimum atomic E-state index is -4.52. The summed E-state index contributed by atoms with van der Waals surface area (Å²) in [6.07, 6.45) is -1.28. The maximum Gasteiger partial charge on any atom is 0.406 e. The number of benzene rings is 1. The smallest absolute Gasteiger partial charge is 0.406 e. The Balaban J connectivity index is 1.70. The summed E-state index contributed by atoms with van der Waals surface area (Å²) in [5.74, 6) is -0.0500. The molecule has 1 amide bonds. The average Bonchev–Trinajstić information content (AvgIpc) is 3.32. The Morgan fingerprint density at radius 2 is 2.11 bits per heavy atom. The Bertz CT molecular complexity index is 740. The van der Waals surface area contributed by atoms with Crippen LogP contribution in [-0.2, 0) is 11.3 Å². The van der Waals surface area contributed by atoms with Crippen LogP contribution in [0.3, 0.4) is 0 Å². The number of halogens is 3. The molecule has 3 rings (SSSR count). The highest BCUT2D eigenvalue weighted by atomic mass is 19.4. The highest BCUT2D eigenvalue weighted by Gasteiger charge is 2.34. The number of carbonyl (C=O) groups is 1. The van der Waals surface area contributed by atoms with E-state index < -0.39 is 18.6 Å². The van der Waals surface area contributed by atoms with Crippen molar-refractivity contribution in [1.82, 2.24) is 4.90 Å². The van der Waals surface area contributed by atoms with Crippen LogP contribution in [-0.4, -0.2) is 42.8 Å². The zero-order chi connectivity index (χ0) is 19.3. The van der Waals surface area contributed by atoms with Crippen molar-refractivity contribution in [3.8, 4) is 5.75 Å². The van der Waals surface area contributed by atoms with E-state index in [0.717, 1.165) is 12.8 Å². The first-order valence-electron chi connectivity index (χ1n) is 8.63. The van der Waals surface area contributed by atoms with Gasteiger partial charge in [-0.1, -0.05) is 6.07 Å². The predicted octanol–water partition coefficient (Wildman–Crippen LogP) is 4.04. The summed E-state index contributed by atoms with van der Waals surface area (Å²) in [6, 6.07) is 9.24. The van der Waals surface area contributed by atoms with E-state index in [-0.39, 0.29) is 24.0 Å². The lowest BCUT2D eigenvalue weighted by Crippen LogP contribution is -2.38. The van der Waals surface area contributed by atoms with E-state index in [0.29, 0.717) is 23.9 Å². The molecule has 1 saturated heterocycles. The van der Waals surface area contributed by atoms with Gasteiger partial charge >= 0.3 is 6.18 Å². The lowest BCUT2D eigenvalue weighted by molar-refractivity contribution is -0.142. The second-order valence-corrected chi connectivity index (χ2v) is 6.33. The number of hydrogen-bond acceptors (Lipinski definition) is 4. The molecular weight excluding hydrogens is 363 g/mol. The third kappa shape index (κ3) is 5.75. The Morgan fingerprint density at radius 1 is 1.26 bits per heavy atom. The fourth-order valence-corrected chi connectivity index (χ4v) is 2.87. The Labute approximate surface area is 154 Å². The molecule has 146 valence electrons. The van der Waals surface area contributed by atoms with Gasteiger partial charge in [-0.3, -0.25) is 4.79 Å². The van der Waals surface area contributed by atoms with Gasteiger partial charge in [-0.15, -0.1) is 0 Å². The molecule has 8 heteroatoms. The van der Waals surface area contributed by atoms with Gasteiger partial charge < -0.3 is 18.8 Å². The van der Waals surface area contributed by atoms with Gasteiger partial charge in [-0.25, -0.2) is 0 Å². The average molecular weight is 383 g/mol. The van der Waals surface area contributed by atoms with Gasteiger partial charge in [0.25, 0.3) is 5.91 Å². The summed E-state index contributed by atoms with van der Waals surface area (Å²) in [4.78, 5) is 13.4. The van der Waals surface area contributed by atoms with Crippen LogP contribution in [0.25, 0.3) is 0 Å². The van der Waals surface area contributed by atoms with Crippen molar-refractivity contribution in [2.24, 2.45) is 0 Å². The molecule has 1 aliphatic rings. The Hall–Kier alpha value is -2.48. The second-order valence-electron chi connectivity index (χ2n) is 6.33. The minimum absolute atomic E-state index is 0.00466. The zero-order valence-electron chi connectivity index (χ0n) is 14.6. The molecule has 0 bridgehead atoms. The van der Waals surface area contributed by atoms with E-state index in [1.54, 1.807) is 18.2 Å². The molecule has 5 nitrogen and oxygen atoms in total. The van der Waals surface area contributed by atoms with Crippen LogP contribution in [0.4, 0.5) is 13.2 Å². The number of ether oxygens (including phenoxy) is 2. The maximum absolute atomic E-state index is 12.9. The normalized spacial score (nSPS) is 17.1. The van der Waals surface area contributed by atoms with E-state index in [1.807, 2.05) is 0 Å². The molecule has 0 radical (unpaired) electrons. The Kier molecular flexibility index (Phi) is 6.05. The van der Waals surface area contributed by atoms with Gasteiger partial charge in [-0.2, -0.15) is 13.2 Å². The van der Waals surface area contributed by atoms with Gasteiger partial charge in [0.1, 0.15) is 24.7 Å². The van der Waals surface area contributed by atoms with Crippen molar-refractivity contribution in [3.63, 3.8) is 0 Å². The third-order valence-corrected chi connectivity index (χ3v) is 4.13. The first-order valence-corrected chi connectivity index (χ1v) is 8.63. The van der Waals surface area contributed by atoms with Crippen molar-refractivity contribution in [2.75, 3.05) is 19.8 Å². The van der Waals surface area contributed by atoms with E-state index in [4.69, 9.17) is 13.9 Å². The topological polar surface area (TPSA) is 51.9 Å². The van der Waals surface area contributed by atoms with Crippen LogP contribution in [0.2, 0.25) is 0 Å². The largest absolute Gasteiger partial charge is 0.491 e. The highest BCUT2D eigenvalue weighted by molar-refractivity contribution is 5.94. The van der Waals surface area contributed by atoms with Crippen molar-refractivity contribution in [2.45, 2.75) is 31.7 Å². The summed E-state index contributed by atoms with van der Waals surface area (Å²) in [5, 5.41) is 0. The van der Waals surface area contributed by atoms with Crippen LogP contribution in [0.5, 0.6) is 5.75 Å². The third-order valence-electron chi connectivity index (χ3n) is 4.13. The highest BCUT2D eigenvalue weighted by Crippen LogP contribution is 2.22. The Morgan fingerprint density at radius 3 is 2.78 bits per heavy atom. The molecule has 2 heterocycles. The summed E-state index contributed by atoms with van der Waals surface area (Å²) < 4.78 is 54.9. The number of furan rings is 1. The van der Waals surface area contributed by atoms with E-state index in [1.165, 1.54) is 24.5 Å². The molecule has 1 aromatic heterocycles. The molecule has 0 spiro atoms. The number of alkyl halides is 3. The van der Waals surface area contributed by atoms with E-state index in [9.17, 15) is 18.0 Å². The van der Waals surface area contributed by atoms with Crippen LogP contribution in [0.15, 0.2) is 47.1 Å². The van der Waals surface area contributed by atoms with Gasteiger partial charge in [0.15, 0.2) is 0 Å². The predicted molar refractivity (Wildman–Crippen MR) is 90.4 cm³/mol. The fraction of sp³-hybridized carbons (Fsp3) is 0.421. The molecule has 1 fully saturated rings. The number of rotatable bonds is 7. The zero-order valence-corrected chi connectivity index (χ0v) is 14.6. The van der Waals surface area contributed by atoms with E-state index in [2.05, 4.69) is 0 Å². The lowest BCUT2D eigenvalue weighted by Gasteiger charge is -2.23. The standard InChI is InChI=1S/C19H20F3NO4/c20-19(21,22)13-23(11-16-6-2-8-25-16)18(24)14-4-1-5-15(10-14)27-12-17-7-3-9-26-17/h1-2,4-6,8,10,17H,3,7,9,11-13H2. The van der Waals surface area contributed by atoms with Crippen LogP contribution in [0, 0.1) is 0 Å². The SMILES string of the molecule is O=C(c1cccc(OCC2CCCO2)c1)N(Cc1ccco1)CC(F)(F)F. The molecule has 1 unspecified atom stereocenters. The molecule has 2 aromatic rings. The van der Waals surface area contributed by atoms with E-state index >= 15 is 0 Å². The first-order chi connectivity index (χ1) is 12.9. The molecule has 1 aliphatic heterocycles. The molecule has 0 aliphatic carbocycles. The van der Waals surface area contributed by atoms with Gasteiger partial charge in [0, 0.05) is 12.2 Å². The summed E-state index contributed by atoms with van der Waals surface area (Å²) in [5.41, 5.74) is 0.121. The number of hydrogen-bond donors (Lipinski definition) is 0. The number of amides is 1. The fourth-order valence-electron chi connectivity index (χ4n) is 2.87. The van der Waals surface area contributed by atoms with Gasteiger partial charge in [0.05, 0.1) is 18.9 Å². The second kappa shape index (κ2) is 8.47. The molecule has 1 aromatic carbocycles. The van der Waals surface area contributed by atoms with Crippen LogP contribution < -0.4 is 4.74 Å². The van der Waals surface area contributed by atoms with Gasteiger partial charge in [0.2, 0.25) is 0 Å². The molecular formula is C19H20F3NO4. The summed E-state index contributed by atoms with van der Waals surface area (Å²) in [7, 11) is 0. The number of carbonyl (C=O) groups excluding carboxylic acids is 1. The maximum atomic E-state index is 12.9. The van der Waals surface area contributed by atoms with Crippen LogP contribution in [0.1, 0.15) is 29.0 Å². The van der Waals surface area contributed by atoms with Crippen LogP contribution >= 0.6 is 0 Å². The van der Waals surface area contributed by atoms with Crippen molar-refractivity contribution in [3.05, 3.63) is 54.0 Å². The van der Waals surface area contributed by atoms with Gasteiger partial charge in [-0.05, 0) is 43.2 Å². The number of nitrogens with zero attached hydrogens (tertiary/aromatic N) is 1. The molecule has 0 N–H and O–H groups in total. The monoisotopic (exact) mass is 383 g/mol. The quantitative estimate of drug-likeness (QED) is 0.724. The summed E-state index contributed by atoms with van der Waals surface area (Å²) in [6.45, 7) is -0.595. The van der Waals surface area contributed by atoms with Crippen molar-refractivity contribution < 1.29 is 31.9 Å². The molecule has 0 saturated carbocycles. The first kappa shape index (κ1) is 19.3. The van der Waals surface area contributed by atoms with Crippen molar-refractivity contribution >= 4 is 5.91 Å². The molecule has 27 heavy (non-hydrogen) atoms. The van der Waals surface area contributed by atoms with Crippen molar-refractivity contribution in [1.29, 1.82) is 0 Å².